The lowest BCUT2D eigenvalue weighted by Gasteiger charge is -2.35. The molecule has 4 aliphatic heterocycles. The van der Waals surface area contributed by atoms with Crippen LogP contribution in [0.4, 0.5) is 5.69 Å². The molecule has 0 unspecified atom stereocenters. The smallest absolute Gasteiger partial charge is 0.296 e. The summed E-state index contributed by atoms with van der Waals surface area (Å²) in [4.78, 5) is 46.9. The van der Waals surface area contributed by atoms with Crippen molar-refractivity contribution in [3.63, 3.8) is 0 Å². The summed E-state index contributed by atoms with van der Waals surface area (Å²) in [5, 5.41) is 11.7. The number of hydrogen-bond donors (Lipinski definition) is 1. The number of fused-ring (bicyclic) bond motifs is 3. The van der Waals surface area contributed by atoms with Crippen molar-refractivity contribution in [2.24, 2.45) is 0 Å². The van der Waals surface area contributed by atoms with Crippen LogP contribution in [0, 0.1) is 0 Å². The van der Waals surface area contributed by atoms with E-state index in [4.69, 9.17) is 14.2 Å². The molecule has 2 amide bonds. The minimum atomic E-state index is -1.76. The van der Waals surface area contributed by atoms with E-state index in [0.717, 1.165) is 13.1 Å². The Balaban J connectivity index is 1.48. The lowest BCUT2D eigenvalue weighted by molar-refractivity contribution is -0.143. The largest absolute Gasteiger partial charge is 0.507 e. The van der Waals surface area contributed by atoms with Gasteiger partial charge in [-0.1, -0.05) is 18.2 Å². The third-order valence-electron chi connectivity index (χ3n) is 7.90. The van der Waals surface area contributed by atoms with E-state index in [1.165, 1.54) is 4.90 Å². The van der Waals surface area contributed by atoms with E-state index in [-0.39, 0.29) is 17.7 Å². The van der Waals surface area contributed by atoms with Crippen molar-refractivity contribution >= 4 is 29.0 Å². The fourth-order valence-corrected chi connectivity index (χ4v) is 6.09. The average Bonchev–Trinajstić information content (AvgIpc) is 3.35. The number of benzene rings is 2. The summed E-state index contributed by atoms with van der Waals surface area (Å²) < 4.78 is 16.7. The van der Waals surface area contributed by atoms with Crippen LogP contribution in [0.25, 0.3) is 5.76 Å². The fourth-order valence-electron chi connectivity index (χ4n) is 6.09. The summed E-state index contributed by atoms with van der Waals surface area (Å²) in [6, 6.07) is 12.0. The lowest BCUT2D eigenvalue weighted by Crippen LogP contribution is -2.52. The first-order valence-corrected chi connectivity index (χ1v) is 13.4. The molecule has 2 fully saturated rings. The zero-order valence-corrected chi connectivity index (χ0v) is 21.9. The number of hydrogen-bond acceptors (Lipinski definition) is 8. The number of likely N-dealkylation sites (tertiary alicyclic amines) is 1. The predicted octanol–water partition coefficient (Wildman–Crippen LogP) is 2.12. The fraction of sp³-hybridized carbons (Fsp3) is 0.414. The van der Waals surface area contributed by atoms with Gasteiger partial charge in [0.2, 0.25) is 0 Å². The molecule has 39 heavy (non-hydrogen) atoms. The monoisotopic (exact) mass is 533 g/mol. The number of rotatable bonds is 6. The number of morpholine rings is 1. The zero-order valence-electron chi connectivity index (χ0n) is 21.9. The summed E-state index contributed by atoms with van der Waals surface area (Å²) in [5.41, 5.74) is -0.572. The van der Waals surface area contributed by atoms with Gasteiger partial charge >= 0.3 is 0 Å². The van der Waals surface area contributed by atoms with E-state index in [2.05, 4.69) is 4.90 Å². The highest BCUT2D eigenvalue weighted by atomic mass is 16.6. The van der Waals surface area contributed by atoms with Crippen LogP contribution in [0.1, 0.15) is 24.5 Å². The molecule has 10 nitrogen and oxygen atoms in total. The lowest BCUT2D eigenvalue weighted by atomic mass is 9.81. The summed E-state index contributed by atoms with van der Waals surface area (Å²) in [6.07, 6.45) is 0.556. The normalized spacial score (nSPS) is 24.1. The molecular weight excluding hydrogens is 502 g/mol. The van der Waals surface area contributed by atoms with Crippen molar-refractivity contribution in [2.75, 3.05) is 64.1 Å². The Labute approximate surface area is 226 Å². The van der Waals surface area contributed by atoms with Crippen LogP contribution in [-0.2, 0) is 24.7 Å². The van der Waals surface area contributed by atoms with Crippen LogP contribution >= 0.6 is 0 Å². The van der Waals surface area contributed by atoms with Crippen LogP contribution in [-0.4, -0.2) is 91.7 Å². The average molecular weight is 534 g/mol. The second-order valence-corrected chi connectivity index (χ2v) is 9.95. The first-order chi connectivity index (χ1) is 19.0. The number of anilines is 1. The van der Waals surface area contributed by atoms with Gasteiger partial charge in [0.1, 0.15) is 19.0 Å². The van der Waals surface area contributed by atoms with Gasteiger partial charge < -0.3 is 29.1 Å². The Kier molecular flexibility index (Phi) is 6.52. The Hall–Kier alpha value is -3.89. The number of ketones is 1. The van der Waals surface area contributed by atoms with Crippen LogP contribution in [0.15, 0.2) is 48.0 Å². The molecule has 0 aromatic heterocycles. The minimum absolute atomic E-state index is 0.178. The van der Waals surface area contributed by atoms with Gasteiger partial charge in [-0.25, -0.2) is 0 Å². The van der Waals surface area contributed by atoms with Crippen LogP contribution < -0.4 is 14.4 Å². The molecule has 4 aliphatic rings. The number of aliphatic hydroxyl groups is 1. The number of Topliss-reactive ketones (excluding diaryl/α,β-unsaturated/α-hetero) is 1. The molecule has 0 saturated carbocycles. The highest BCUT2D eigenvalue weighted by molar-refractivity contribution is 6.50. The number of para-hydroxylation sites is 1. The maximum atomic E-state index is 14.3. The van der Waals surface area contributed by atoms with Crippen molar-refractivity contribution in [3.8, 4) is 11.5 Å². The van der Waals surface area contributed by atoms with Crippen LogP contribution in [0.5, 0.6) is 11.5 Å². The van der Waals surface area contributed by atoms with Gasteiger partial charge in [0.25, 0.3) is 17.6 Å². The van der Waals surface area contributed by atoms with Crippen molar-refractivity contribution in [1.29, 1.82) is 0 Å². The SMILES string of the molecule is CCN1C(=O)[C@@]2(C(=C(O)c3ccc4c(c3)OCCO4)C(=O)C(=O)N2CCCN2CCOCC2)c2ccccc21. The molecule has 6 rings (SSSR count). The molecule has 1 N–H and O–H groups in total. The molecular formula is C29H31N3O7. The highest BCUT2D eigenvalue weighted by Crippen LogP contribution is 2.53. The number of likely N-dealkylation sites (N-methyl/N-ethyl adjacent to an activating group) is 1. The number of carbonyl (C=O) groups excluding carboxylic acids is 3. The van der Waals surface area contributed by atoms with E-state index in [9.17, 15) is 19.5 Å². The first-order valence-electron chi connectivity index (χ1n) is 13.4. The van der Waals surface area contributed by atoms with E-state index in [0.29, 0.717) is 68.7 Å². The number of ether oxygens (including phenoxy) is 3. The van der Waals surface area contributed by atoms with Gasteiger partial charge in [0, 0.05) is 43.9 Å². The summed E-state index contributed by atoms with van der Waals surface area (Å²) in [6.45, 7) is 6.71. The Bertz CT molecular complexity index is 1370. The molecule has 1 spiro atoms. The maximum Gasteiger partial charge on any atom is 0.296 e. The van der Waals surface area contributed by atoms with Gasteiger partial charge in [0.05, 0.1) is 24.5 Å². The van der Waals surface area contributed by atoms with Gasteiger partial charge in [0.15, 0.2) is 17.0 Å². The maximum absolute atomic E-state index is 14.3. The quantitative estimate of drug-likeness (QED) is 0.342. The molecule has 2 aromatic carbocycles. The molecule has 2 saturated heterocycles. The Morgan fingerprint density at radius 3 is 2.46 bits per heavy atom. The third-order valence-corrected chi connectivity index (χ3v) is 7.90. The molecule has 1 atom stereocenters. The summed E-state index contributed by atoms with van der Waals surface area (Å²) in [5.74, 6) is -1.56. The topological polar surface area (TPSA) is 109 Å². The molecule has 2 aromatic rings. The molecule has 0 bridgehead atoms. The number of amides is 2. The van der Waals surface area contributed by atoms with Crippen LogP contribution in [0.3, 0.4) is 0 Å². The van der Waals surface area contributed by atoms with Gasteiger partial charge in [-0.15, -0.1) is 0 Å². The second kappa shape index (κ2) is 10.0. The second-order valence-electron chi connectivity index (χ2n) is 9.95. The van der Waals surface area contributed by atoms with E-state index >= 15 is 0 Å². The van der Waals surface area contributed by atoms with E-state index in [1.54, 1.807) is 35.2 Å². The van der Waals surface area contributed by atoms with Crippen molar-refractivity contribution in [3.05, 3.63) is 59.2 Å². The predicted molar refractivity (Wildman–Crippen MR) is 142 cm³/mol. The van der Waals surface area contributed by atoms with Gasteiger partial charge in [-0.05, 0) is 37.6 Å². The number of carbonyl (C=O) groups is 3. The molecule has 4 heterocycles. The van der Waals surface area contributed by atoms with E-state index < -0.39 is 28.9 Å². The van der Waals surface area contributed by atoms with Gasteiger partial charge in [-0.3, -0.25) is 19.3 Å². The van der Waals surface area contributed by atoms with E-state index in [1.807, 2.05) is 19.1 Å². The van der Waals surface area contributed by atoms with Crippen molar-refractivity contribution in [2.45, 2.75) is 18.9 Å². The number of aliphatic hydroxyl groups excluding tert-OH is 1. The zero-order chi connectivity index (χ0) is 27.1. The Morgan fingerprint density at radius 1 is 0.949 bits per heavy atom. The molecule has 0 aliphatic carbocycles. The molecule has 0 radical (unpaired) electrons. The van der Waals surface area contributed by atoms with Crippen molar-refractivity contribution in [1.82, 2.24) is 9.80 Å². The van der Waals surface area contributed by atoms with Gasteiger partial charge in [-0.2, -0.15) is 0 Å². The number of nitrogens with zero attached hydrogens (tertiary/aromatic N) is 3. The molecule has 10 heteroatoms. The van der Waals surface area contributed by atoms with Crippen molar-refractivity contribution < 1.29 is 33.7 Å². The van der Waals surface area contributed by atoms with Crippen LogP contribution in [0.2, 0.25) is 0 Å². The highest BCUT2D eigenvalue weighted by Gasteiger charge is 2.66. The minimum Gasteiger partial charge on any atom is -0.507 e. The Morgan fingerprint density at radius 2 is 1.69 bits per heavy atom. The summed E-state index contributed by atoms with van der Waals surface area (Å²) >= 11 is 0. The standard InChI is InChI=1S/C29H31N3O7/c1-2-31-21-7-4-3-6-20(21)29(28(31)36)24(25(33)19-8-9-22-23(18-19)39-17-16-38-22)26(34)27(35)32(29)11-5-10-30-12-14-37-15-13-30/h3-4,6-9,18,33H,2,5,10-17H2,1H3/t29-/m0/s1. The molecule has 204 valence electrons. The first kappa shape index (κ1) is 25.4. The third kappa shape index (κ3) is 3.89. The summed E-state index contributed by atoms with van der Waals surface area (Å²) in [7, 11) is 0.